The zero-order valence-electron chi connectivity index (χ0n) is 10.3. The van der Waals surface area contributed by atoms with Gasteiger partial charge in [0.25, 0.3) is 0 Å². The summed E-state index contributed by atoms with van der Waals surface area (Å²) in [7, 11) is 0. The van der Waals surface area contributed by atoms with Gasteiger partial charge < -0.3 is 11.1 Å². The summed E-state index contributed by atoms with van der Waals surface area (Å²) >= 11 is 1.46. The van der Waals surface area contributed by atoms with Crippen molar-refractivity contribution in [3.05, 3.63) is 58.0 Å². The number of nitrogens with one attached hydrogen (secondary N) is 1. The molecule has 2 aromatic rings. The van der Waals surface area contributed by atoms with Crippen LogP contribution in [0.4, 0.5) is 4.39 Å². The van der Waals surface area contributed by atoms with Crippen molar-refractivity contribution in [1.82, 2.24) is 5.32 Å². The van der Waals surface area contributed by atoms with Gasteiger partial charge in [-0.15, -0.1) is 11.3 Å². The van der Waals surface area contributed by atoms with Crippen LogP contribution in [0, 0.1) is 5.82 Å². The van der Waals surface area contributed by atoms with Crippen molar-refractivity contribution in [1.29, 1.82) is 0 Å². The average molecular weight is 278 g/mol. The lowest BCUT2D eigenvalue weighted by Crippen LogP contribution is -2.34. The van der Waals surface area contributed by atoms with Crippen molar-refractivity contribution >= 4 is 17.2 Å². The monoisotopic (exact) mass is 278 g/mol. The maximum absolute atomic E-state index is 13.0. The number of hydrogen-bond donors (Lipinski definition) is 2. The van der Waals surface area contributed by atoms with Gasteiger partial charge in [-0.25, -0.2) is 4.39 Å². The number of nitrogens with two attached hydrogens (primary N) is 1. The number of halogens is 1. The minimum Gasteiger partial charge on any atom is -0.354 e. The summed E-state index contributed by atoms with van der Waals surface area (Å²) in [6.45, 7) is 0.446. The van der Waals surface area contributed by atoms with Crippen LogP contribution >= 0.6 is 11.3 Å². The second-order valence-corrected chi connectivity index (χ2v) is 5.14. The van der Waals surface area contributed by atoms with E-state index in [0.717, 1.165) is 10.4 Å². The van der Waals surface area contributed by atoms with Gasteiger partial charge in [-0.2, -0.15) is 0 Å². The highest BCUT2D eigenvalue weighted by molar-refractivity contribution is 7.10. The molecule has 19 heavy (non-hydrogen) atoms. The molecular formula is C14H15FN2OS. The van der Waals surface area contributed by atoms with E-state index in [9.17, 15) is 9.18 Å². The second-order valence-electron chi connectivity index (χ2n) is 4.16. The Kier molecular flexibility index (Phi) is 4.65. The molecule has 1 aromatic heterocycles. The summed E-state index contributed by atoms with van der Waals surface area (Å²) in [6, 6.07) is 9.41. The fourth-order valence-electron chi connectivity index (χ4n) is 1.73. The van der Waals surface area contributed by atoms with Gasteiger partial charge in [0, 0.05) is 11.4 Å². The topological polar surface area (TPSA) is 55.1 Å². The minimum atomic E-state index is -0.632. The zero-order valence-corrected chi connectivity index (χ0v) is 11.1. The number of hydrogen-bond acceptors (Lipinski definition) is 3. The number of benzene rings is 1. The van der Waals surface area contributed by atoms with Crippen LogP contribution in [0.1, 0.15) is 16.5 Å². The molecule has 0 aliphatic rings. The number of carbonyl (C=O) groups is 1. The molecule has 3 nitrogen and oxygen atoms in total. The maximum Gasteiger partial charge on any atom is 0.242 e. The highest BCUT2D eigenvalue weighted by atomic mass is 32.1. The number of carbonyl (C=O) groups excluding carboxylic acids is 1. The van der Waals surface area contributed by atoms with E-state index in [2.05, 4.69) is 5.32 Å². The molecule has 1 unspecified atom stereocenters. The van der Waals surface area contributed by atoms with Crippen LogP contribution in [0.25, 0.3) is 0 Å². The first-order valence-corrected chi connectivity index (χ1v) is 6.86. The van der Waals surface area contributed by atoms with Crippen LogP contribution in [-0.2, 0) is 11.2 Å². The standard InChI is InChI=1S/C14H15FN2OS/c15-11-4-1-3-10(9-11)6-7-17-14(18)13(16)12-5-2-8-19-12/h1-5,8-9,13H,6-7,16H2,(H,17,18). The molecule has 1 aromatic carbocycles. The largest absolute Gasteiger partial charge is 0.354 e. The molecular weight excluding hydrogens is 263 g/mol. The van der Waals surface area contributed by atoms with E-state index in [1.54, 1.807) is 6.07 Å². The van der Waals surface area contributed by atoms with Crippen molar-refractivity contribution in [2.24, 2.45) is 5.73 Å². The van der Waals surface area contributed by atoms with Gasteiger partial charge in [-0.1, -0.05) is 18.2 Å². The summed E-state index contributed by atoms with van der Waals surface area (Å²) in [6.07, 6.45) is 0.584. The highest BCUT2D eigenvalue weighted by Gasteiger charge is 2.15. The van der Waals surface area contributed by atoms with Crippen LogP contribution < -0.4 is 11.1 Å². The van der Waals surface area contributed by atoms with E-state index >= 15 is 0 Å². The molecule has 2 rings (SSSR count). The molecule has 0 saturated carbocycles. The molecule has 0 aliphatic heterocycles. The third-order valence-electron chi connectivity index (χ3n) is 2.73. The van der Waals surface area contributed by atoms with Crippen LogP contribution in [0.3, 0.4) is 0 Å². The van der Waals surface area contributed by atoms with Crippen molar-refractivity contribution in [3.63, 3.8) is 0 Å². The summed E-state index contributed by atoms with van der Waals surface area (Å²) < 4.78 is 13.0. The highest BCUT2D eigenvalue weighted by Crippen LogP contribution is 2.16. The first kappa shape index (κ1) is 13.7. The Balaban J connectivity index is 1.81. The third-order valence-corrected chi connectivity index (χ3v) is 3.69. The van der Waals surface area contributed by atoms with Crippen molar-refractivity contribution in [2.75, 3.05) is 6.54 Å². The van der Waals surface area contributed by atoms with Crippen molar-refractivity contribution < 1.29 is 9.18 Å². The Morgan fingerprint density at radius 1 is 1.37 bits per heavy atom. The Bertz CT molecular complexity index is 542. The lowest BCUT2D eigenvalue weighted by atomic mass is 10.1. The summed E-state index contributed by atoms with van der Waals surface area (Å²) in [5, 5.41) is 4.64. The fourth-order valence-corrected chi connectivity index (χ4v) is 2.45. The molecule has 0 radical (unpaired) electrons. The third kappa shape index (κ3) is 3.87. The molecule has 1 atom stereocenters. The summed E-state index contributed by atoms with van der Waals surface area (Å²) in [5.74, 6) is -0.474. The lowest BCUT2D eigenvalue weighted by molar-refractivity contribution is -0.122. The molecule has 0 fully saturated rings. The first-order chi connectivity index (χ1) is 9.16. The van der Waals surface area contributed by atoms with E-state index in [4.69, 9.17) is 5.73 Å². The smallest absolute Gasteiger partial charge is 0.242 e. The lowest BCUT2D eigenvalue weighted by Gasteiger charge is -2.10. The first-order valence-electron chi connectivity index (χ1n) is 5.98. The van der Waals surface area contributed by atoms with Gasteiger partial charge in [0.15, 0.2) is 0 Å². The van der Waals surface area contributed by atoms with Crippen LogP contribution in [0.2, 0.25) is 0 Å². The normalized spacial score (nSPS) is 12.1. The second kappa shape index (κ2) is 6.45. The molecule has 0 saturated heterocycles. The molecule has 0 bridgehead atoms. The average Bonchev–Trinajstić information content (AvgIpc) is 2.91. The number of amides is 1. The molecule has 5 heteroatoms. The molecule has 1 heterocycles. The number of rotatable bonds is 5. The summed E-state index contributed by atoms with van der Waals surface area (Å²) in [4.78, 5) is 12.6. The van der Waals surface area contributed by atoms with Crippen molar-refractivity contribution in [3.8, 4) is 0 Å². The number of thiophene rings is 1. The van der Waals surface area contributed by atoms with Crippen LogP contribution in [-0.4, -0.2) is 12.5 Å². The fraction of sp³-hybridized carbons (Fsp3) is 0.214. The van der Waals surface area contributed by atoms with Gasteiger partial charge in [-0.3, -0.25) is 4.79 Å². The van der Waals surface area contributed by atoms with E-state index in [0.29, 0.717) is 13.0 Å². The Morgan fingerprint density at radius 2 is 2.21 bits per heavy atom. The Labute approximate surface area is 115 Å². The maximum atomic E-state index is 13.0. The van der Waals surface area contributed by atoms with E-state index in [1.165, 1.54) is 23.5 Å². The molecule has 100 valence electrons. The van der Waals surface area contributed by atoms with Gasteiger partial charge in [0.05, 0.1) is 0 Å². The predicted molar refractivity (Wildman–Crippen MR) is 74.4 cm³/mol. The molecule has 1 amide bonds. The zero-order chi connectivity index (χ0) is 13.7. The van der Waals surface area contributed by atoms with Gasteiger partial charge in [-0.05, 0) is 35.6 Å². The molecule has 0 aliphatic carbocycles. The molecule has 0 spiro atoms. The minimum absolute atomic E-state index is 0.209. The SMILES string of the molecule is NC(C(=O)NCCc1cccc(F)c1)c1cccs1. The van der Waals surface area contributed by atoms with Gasteiger partial charge >= 0.3 is 0 Å². The van der Waals surface area contributed by atoms with Gasteiger partial charge in [0.2, 0.25) is 5.91 Å². The molecule has 3 N–H and O–H groups in total. The quantitative estimate of drug-likeness (QED) is 0.881. The Morgan fingerprint density at radius 3 is 2.89 bits per heavy atom. The van der Waals surface area contributed by atoms with Gasteiger partial charge in [0.1, 0.15) is 11.9 Å². The summed E-state index contributed by atoms with van der Waals surface area (Å²) in [5.41, 5.74) is 6.68. The van der Waals surface area contributed by atoms with Crippen LogP contribution in [0.15, 0.2) is 41.8 Å². The van der Waals surface area contributed by atoms with E-state index < -0.39 is 6.04 Å². The van der Waals surface area contributed by atoms with E-state index in [-0.39, 0.29) is 11.7 Å². The Hall–Kier alpha value is -1.72. The van der Waals surface area contributed by atoms with Crippen LogP contribution in [0.5, 0.6) is 0 Å². The predicted octanol–water partition coefficient (Wildman–Crippen LogP) is 2.25. The van der Waals surface area contributed by atoms with E-state index in [1.807, 2.05) is 23.6 Å². The van der Waals surface area contributed by atoms with Crippen molar-refractivity contribution in [2.45, 2.75) is 12.5 Å².